The van der Waals surface area contributed by atoms with Crippen LogP contribution in [0.4, 0.5) is 11.8 Å². The van der Waals surface area contributed by atoms with Crippen molar-refractivity contribution in [2.75, 3.05) is 37.3 Å². The maximum Gasteiger partial charge on any atom is 0.224 e. The average Bonchev–Trinajstić information content (AvgIpc) is 3.19. The molecule has 0 spiro atoms. The average molecular weight is 235 g/mol. The zero-order valence-electron chi connectivity index (χ0n) is 10.6. The summed E-state index contributed by atoms with van der Waals surface area (Å²) < 4.78 is 0. The van der Waals surface area contributed by atoms with Crippen LogP contribution in [0.25, 0.3) is 0 Å². The largest absolute Gasteiger partial charge is 0.369 e. The highest BCUT2D eigenvalue weighted by Gasteiger charge is 2.27. The van der Waals surface area contributed by atoms with Gasteiger partial charge in [0.1, 0.15) is 5.82 Å². The quantitative estimate of drug-likeness (QED) is 0.748. The van der Waals surface area contributed by atoms with Gasteiger partial charge in [0.2, 0.25) is 5.95 Å². The highest BCUT2D eigenvalue weighted by atomic mass is 15.2. The topological polar surface area (TPSA) is 53.1 Å². The molecule has 1 aromatic heterocycles. The van der Waals surface area contributed by atoms with Gasteiger partial charge in [0.15, 0.2) is 0 Å². The number of nitrogens with zero attached hydrogens (tertiary/aromatic N) is 3. The fourth-order valence-corrected chi connectivity index (χ4v) is 1.94. The van der Waals surface area contributed by atoms with Crippen molar-refractivity contribution in [2.24, 2.45) is 0 Å². The van der Waals surface area contributed by atoms with E-state index in [2.05, 4.69) is 32.4 Å². The zero-order chi connectivity index (χ0) is 12.1. The summed E-state index contributed by atoms with van der Waals surface area (Å²) in [7, 11) is 1.82. The third kappa shape index (κ3) is 3.56. The summed E-state index contributed by atoms with van der Waals surface area (Å²) in [4.78, 5) is 10.9. The molecule has 1 aromatic rings. The lowest BCUT2D eigenvalue weighted by molar-refractivity contribution is 0.289. The predicted molar refractivity (Wildman–Crippen MR) is 70.3 cm³/mol. The Morgan fingerprint density at radius 2 is 2.29 bits per heavy atom. The van der Waals surface area contributed by atoms with Gasteiger partial charge in [-0.15, -0.1) is 0 Å². The lowest BCUT2D eigenvalue weighted by Gasteiger charge is -2.19. The molecule has 0 amide bonds. The molecular weight excluding hydrogens is 214 g/mol. The van der Waals surface area contributed by atoms with Crippen LogP contribution in [0, 0.1) is 0 Å². The second-order valence-electron chi connectivity index (χ2n) is 4.30. The van der Waals surface area contributed by atoms with Gasteiger partial charge in [0, 0.05) is 32.4 Å². The van der Waals surface area contributed by atoms with Crippen LogP contribution in [0.2, 0.25) is 0 Å². The third-order valence-corrected chi connectivity index (χ3v) is 3.05. The monoisotopic (exact) mass is 235 g/mol. The van der Waals surface area contributed by atoms with Crippen LogP contribution >= 0.6 is 0 Å². The molecule has 1 fully saturated rings. The molecule has 0 aromatic carbocycles. The van der Waals surface area contributed by atoms with Crippen LogP contribution in [-0.4, -0.2) is 47.6 Å². The van der Waals surface area contributed by atoms with Gasteiger partial charge in [0.25, 0.3) is 0 Å². The van der Waals surface area contributed by atoms with Gasteiger partial charge in [-0.3, -0.25) is 4.90 Å². The first-order valence-corrected chi connectivity index (χ1v) is 6.32. The summed E-state index contributed by atoms with van der Waals surface area (Å²) in [5, 5.41) is 6.27. The van der Waals surface area contributed by atoms with Crippen molar-refractivity contribution >= 4 is 11.8 Å². The van der Waals surface area contributed by atoms with Crippen molar-refractivity contribution in [1.82, 2.24) is 14.9 Å². The number of aromatic nitrogens is 2. The highest BCUT2D eigenvalue weighted by Crippen LogP contribution is 2.25. The summed E-state index contributed by atoms with van der Waals surface area (Å²) >= 11 is 0. The van der Waals surface area contributed by atoms with E-state index in [0.717, 1.165) is 31.5 Å². The van der Waals surface area contributed by atoms with Crippen molar-refractivity contribution in [3.8, 4) is 0 Å². The van der Waals surface area contributed by atoms with Crippen LogP contribution in [0.15, 0.2) is 12.3 Å². The first-order chi connectivity index (χ1) is 8.33. The minimum absolute atomic E-state index is 0.657. The van der Waals surface area contributed by atoms with Crippen molar-refractivity contribution in [1.29, 1.82) is 0 Å². The molecule has 0 radical (unpaired) electrons. The molecule has 94 valence electrons. The molecule has 2 rings (SSSR count). The van der Waals surface area contributed by atoms with E-state index in [1.54, 1.807) is 6.20 Å². The van der Waals surface area contributed by atoms with Crippen molar-refractivity contribution in [2.45, 2.75) is 25.8 Å². The number of nitrogens with one attached hydrogen (secondary N) is 2. The number of rotatable bonds is 7. The summed E-state index contributed by atoms with van der Waals surface area (Å²) in [5.41, 5.74) is 0. The van der Waals surface area contributed by atoms with Crippen molar-refractivity contribution in [3.63, 3.8) is 0 Å². The number of anilines is 2. The molecule has 0 saturated heterocycles. The zero-order valence-corrected chi connectivity index (χ0v) is 10.6. The molecule has 1 aliphatic carbocycles. The second-order valence-corrected chi connectivity index (χ2v) is 4.30. The Labute approximate surface area is 103 Å². The van der Waals surface area contributed by atoms with E-state index in [0.29, 0.717) is 5.95 Å². The highest BCUT2D eigenvalue weighted by molar-refractivity contribution is 5.38. The Bertz CT molecular complexity index is 351. The summed E-state index contributed by atoms with van der Waals surface area (Å²) in [5.74, 6) is 1.54. The summed E-state index contributed by atoms with van der Waals surface area (Å²) in [6.45, 7) is 5.38. The third-order valence-electron chi connectivity index (χ3n) is 3.05. The Morgan fingerprint density at radius 1 is 1.47 bits per heavy atom. The predicted octanol–water partition coefficient (Wildman–Crippen LogP) is 1.41. The summed E-state index contributed by atoms with van der Waals surface area (Å²) in [6.07, 6.45) is 4.50. The van der Waals surface area contributed by atoms with Gasteiger partial charge in [-0.05, 0) is 25.5 Å². The maximum atomic E-state index is 4.32. The molecular formula is C12H21N5. The molecule has 0 bridgehead atoms. The van der Waals surface area contributed by atoms with Gasteiger partial charge >= 0.3 is 0 Å². The van der Waals surface area contributed by atoms with Crippen LogP contribution in [0.1, 0.15) is 19.8 Å². The SMILES string of the molecule is CCN(CCNc1ccnc(NC)n1)C1CC1. The van der Waals surface area contributed by atoms with Crippen molar-refractivity contribution in [3.05, 3.63) is 12.3 Å². The van der Waals surface area contributed by atoms with Gasteiger partial charge in [-0.1, -0.05) is 6.92 Å². The van der Waals surface area contributed by atoms with E-state index in [-0.39, 0.29) is 0 Å². The minimum Gasteiger partial charge on any atom is -0.369 e. The van der Waals surface area contributed by atoms with Crippen LogP contribution in [0.3, 0.4) is 0 Å². The Balaban J connectivity index is 1.76. The maximum absolute atomic E-state index is 4.32. The fraction of sp³-hybridized carbons (Fsp3) is 0.667. The molecule has 5 nitrogen and oxygen atoms in total. The van der Waals surface area contributed by atoms with Gasteiger partial charge in [-0.25, -0.2) is 4.98 Å². The molecule has 2 N–H and O–H groups in total. The lowest BCUT2D eigenvalue weighted by Crippen LogP contribution is -2.31. The lowest BCUT2D eigenvalue weighted by atomic mass is 10.4. The fourth-order valence-electron chi connectivity index (χ4n) is 1.94. The van der Waals surface area contributed by atoms with E-state index in [1.807, 2.05) is 13.1 Å². The molecule has 1 heterocycles. The number of hydrogen-bond donors (Lipinski definition) is 2. The molecule has 0 unspecified atom stereocenters. The van der Waals surface area contributed by atoms with Crippen LogP contribution in [-0.2, 0) is 0 Å². The second kappa shape index (κ2) is 5.82. The Morgan fingerprint density at radius 3 is 2.94 bits per heavy atom. The molecule has 1 aliphatic rings. The Kier molecular flexibility index (Phi) is 4.14. The van der Waals surface area contributed by atoms with Gasteiger partial charge in [-0.2, -0.15) is 4.98 Å². The molecule has 0 aliphatic heterocycles. The molecule has 17 heavy (non-hydrogen) atoms. The van der Waals surface area contributed by atoms with Crippen LogP contribution < -0.4 is 10.6 Å². The standard InChI is InChI=1S/C12H21N5/c1-3-17(10-4-5-10)9-8-14-11-6-7-15-12(13-2)16-11/h6-7,10H,3-5,8-9H2,1-2H3,(H2,13,14,15,16). The van der Waals surface area contributed by atoms with Crippen LogP contribution in [0.5, 0.6) is 0 Å². The minimum atomic E-state index is 0.657. The number of hydrogen-bond acceptors (Lipinski definition) is 5. The molecule has 5 heteroatoms. The van der Waals surface area contributed by atoms with E-state index in [1.165, 1.54) is 12.8 Å². The summed E-state index contributed by atoms with van der Waals surface area (Å²) in [6, 6.07) is 2.73. The number of likely N-dealkylation sites (N-methyl/N-ethyl adjacent to an activating group) is 1. The smallest absolute Gasteiger partial charge is 0.224 e. The van der Waals surface area contributed by atoms with Crippen molar-refractivity contribution < 1.29 is 0 Å². The normalized spacial score (nSPS) is 15.0. The Hall–Kier alpha value is -1.36. The van der Waals surface area contributed by atoms with E-state index < -0.39 is 0 Å². The molecule has 1 saturated carbocycles. The van der Waals surface area contributed by atoms with E-state index in [9.17, 15) is 0 Å². The molecule has 0 atom stereocenters. The van der Waals surface area contributed by atoms with Gasteiger partial charge < -0.3 is 10.6 Å². The van der Waals surface area contributed by atoms with E-state index in [4.69, 9.17) is 0 Å². The first kappa shape index (κ1) is 12.1. The van der Waals surface area contributed by atoms with E-state index >= 15 is 0 Å². The first-order valence-electron chi connectivity index (χ1n) is 6.32. The van der Waals surface area contributed by atoms with Gasteiger partial charge in [0.05, 0.1) is 0 Å².